The lowest BCUT2D eigenvalue weighted by atomic mass is 9.97. The van der Waals surface area contributed by atoms with Gasteiger partial charge in [-0.1, -0.05) is 36.1 Å². The number of aromatic nitrogens is 1. The number of aliphatic hydroxyl groups excluding tert-OH is 10. The Kier molecular flexibility index (Phi) is 36.4. The molecular formula is C59H98N4O28S2. The van der Waals surface area contributed by atoms with E-state index in [9.17, 15) is 75.0 Å². The number of aliphatic carboxylic acids is 1. The van der Waals surface area contributed by atoms with Crippen LogP contribution in [0.3, 0.4) is 0 Å². The number of methoxy groups -OCH3 is 1. The number of ether oxygens (including phenoxy) is 12. The third-order valence-corrected chi connectivity index (χ3v) is 17.5. The van der Waals surface area contributed by atoms with E-state index in [-0.39, 0.29) is 44.4 Å². The first-order valence-electron chi connectivity index (χ1n) is 31.5. The predicted molar refractivity (Wildman–Crippen MR) is 325 cm³/mol. The van der Waals surface area contributed by atoms with Crippen molar-refractivity contribution in [3.63, 3.8) is 0 Å². The average molecular weight is 1380 g/mol. The lowest BCUT2D eigenvalue weighted by molar-refractivity contribution is -0.351. The molecule has 0 radical (unpaired) electrons. The third-order valence-electron chi connectivity index (χ3n) is 15.2. The summed E-state index contributed by atoms with van der Waals surface area (Å²) in [5.74, 6) is -0.924. The number of carboxylic acids is 1. The van der Waals surface area contributed by atoms with Gasteiger partial charge in [0.1, 0.15) is 114 Å². The van der Waals surface area contributed by atoms with E-state index in [4.69, 9.17) is 61.9 Å². The quantitative estimate of drug-likeness (QED) is 0.0212. The maximum atomic E-state index is 12.6. The zero-order valence-corrected chi connectivity index (χ0v) is 54.6. The average Bonchev–Trinajstić information content (AvgIpc) is 0.836. The van der Waals surface area contributed by atoms with Gasteiger partial charge in [0.05, 0.1) is 26.4 Å². The van der Waals surface area contributed by atoms with Gasteiger partial charge in [-0.2, -0.15) is 0 Å². The molecular weight excluding hydrogens is 1280 g/mol. The number of nitrogens with zero attached hydrogens (tertiary/aromatic N) is 1. The highest BCUT2D eigenvalue weighted by Crippen LogP contribution is 2.33. The number of aliphatic hydroxyl groups is 10. The number of hydrogen-bond donors (Lipinski definition) is 14. The molecule has 534 valence electrons. The molecule has 32 nitrogen and oxygen atoms in total. The standard InChI is InChI=1S/C59H98N4O28S2/c1-59(2,3)91-58(79)63-62-39(67)19-9-6-14-26-82-52-36(31-85-55-48(76)44(72)51(34(29-64)87-55)81-25-13-5-8-17-33(65)18-16-24-60-38(66)22-28-92-93-40-20-11-12-23-61-40)90-57(50(78)46(52)74)86-32-37-53(83-27-15-7-10-21-41(68)69)45(73)49(77)56(89-37)84-30-35-42(70)43(71)47(75)54(80-4)88-35/h11-12,20,23,34-37,42-57,64,70-78H,5-10,13-19,21-22,24-32H2,1-4H3,(H,60,66)(H,62,67)(H,63,79)(H,68,69)/t34-,35-,36-,37-,42-,43+,44-,45-,46-,47-,48-,49-,50-,51-,52-,53-,54+,55+,56+,57+/m1/s1. The fraction of sp³-hybridized carbons (Fsp3) is 0.831. The molecule has 4 saturated heterocycles. The van der Waals surface area contributed by atoms with Crippen molar-refractivity contribution in [2.45, 2.75) is 251 Å². The van der Waals surface area contributed by atoms with Crippen molar-refractivity contribution in [1.29, 1.82) is 0 Å². The van der Waals surface area contributed by atoms with E-state index in [0.29, 0.717) is 95.8 Å². The van der Waals surface area contributed by atoms with Crippen LogP contribution in [-0.4, -0.2) is 285 Å². The first kappa shape index (κ1) is 80.0. The van der Waals surface area contributed by atoms with E-state index in [0.717, 1.165) is 5.03 Å². The minimum atomic E-state index is -1.88. The number of unbranched alkanes of at least 4 members (excludes halogenated alkanes) is 6. The highest BCUT2D eigenvalue weighted by Gasteiger charge is 2.52. The van der Waals surface area contributed by atoms with Crippen LogP contribution in [0, 0.1) is 0 Å². The smallest absolute Gasteiger partial charge is 0.426 e. The van der Waals surface area contributed by atoms with E-state index in [1.54, 1.807) is 27.0 Å². The molecule has 0 aliphatic carbocycles. The Balaban J connectivity index is 1.17. The molecule has 0 bridgehead atoms. The fourth-order valence-corrected chi connectivity index (χ4v) is 12.1. The number of carbonyl (C=O) groups excluding carboxylic acids is 4. The normalized spacial score (nSPS) is 31.5. The van der Waals surface area contributed by atoms with Crippen molar-refractivity contribution in [2.24, 2.45) is 0 Å². The monoisotopic (exact) mass is 1370 g/mol. The number of nitrogens with one attached hydrogen (secondary N) is 3. The Morgan fingerprint density at radius 3 is 1.52 bits per heavy atom. The summed E-state index contributed by atoms with van der Waals surface area (Å²) in [5.41, 5.74) is 3.65. The summed E-state index contributed by atoms with van der Waals surface area (Å²) in [5, 5.41) is 123. The number of amides is 3. The first-order valence-corrected chi connectivity index (χ1v) is 33.8. The molecule has 1 aromatic rings. The lowest BCUT2D eigenvalue weighted by Crippen LogP contribution is -2.64. The van der Waals surface area contributed by atoms with Gasteiger partial charge in [-0.15, -0.1) is 0 Å². The molecule has 34 heteroatoms. The number of hydrazine groups is 1. The van der Waals surface area contributed by atoms with Gasteiger partial charge >= 0.3 is 12.1 Å². The number of Topliss-reactive ketones (excluding diaryl/α,β-unsaturated/α-hetero) is 1. The summed E-state index contributed by atoms with van der Waals surface area (Å²) in [6.07, 6.45) is -25.6. The van der Waals surface area contributed by atoms with Crippen LogP contribution in [0.15, 0.2) is 29.4 Å². The van der Waals surface area contributed by atoms with Crippen LogP contribution in [0.2, 0.25) is 0 Å². The molecule has 0 aromatic carbocycles. The number of ketones is 1. The summed E-state index contributed by atoms with van der Waals surface area (Å²) >= 11 is 0. The maximum absolute atomic E-state index is 12.6. The Bertz CT molecular complexity index is 2320. The van der Waals surface area contributed by atoms with Gasteiger partial charge in [0, 0.05) is 77.5 Å². The van der Waals surface area contributed by atoms with Crippen molar-refractivity contribution < 1.29 is 137 Å². The van der Waals surface area contributed by atoms with Gasteiger partial charge in [-0.3, -0.25) is 24.6 Å². The van der Waals surface area contributed by atoms with Crippen molar-refractivity contribution in [1.82, 2.24) is 21.2 Å². The SMILES string of the molecule is CO[C@H]1O[C@H](CO[C@H]2O[C@H](CO[C@H]3O[C@H](CO[C@H]4O[C@H](CO)[C@@H](OCCCCCC(=O)CCCNC(=O)CCSSc5ccccn5)[C@H](O)[C@H]4O)[C@@H](OCCCCCC(=O)NNC(=O)OC(C)(C)C)[C@H](O)[C@H]3O)[C@@H](OCCCCCC(=O)O)[C@H](O)[C@H]2O)[C@@H](O)[C@H](O)[C@H]1O. The molecule has 4 fully saturated rings. The topological polar surface area (TPSA) is 468 Å². The lowest BCUT2D eigenvalue weighted by Gasteiger charge is -2.46. The van der Waals surface area contributed by atoms with Crippen LogP contribution in [0.25, 0.3) is 0 Å². The predicted octanol–water partition coefficient (Wildman–Crippen LogP) is -1.01. The molecule has 4 aliphatic heterocycles. The first-order chi connectivity index (χ1) is 44.4. The van der Waals surface area contributed by atoms with Crippen molar-refractivity contribution >= 4 is 51.2 Å². The largest absolute Gasteiger partial charge is 0.481 e. The number of pyridine rings is 1. The number of carbonyl (C=O) groups is 5. The Morgan fingerprint density at radius 2 is 1.01 bits per heavy atom. The van der Waals surface area contributed by atoms with Gasteiger partial charge < -0.3 is 118 Å². The third kappa shape index (κ3) is 27.7. The second-order valence-corrected chi connectivity index (χ2v) is 26.3. The molecule has 93 heavy (non-hydrogen) atoms. The summed E-state index contributed by atoms with van der Waals surface area (Å²) in [6, 6.07) is 5.62. The van der Waals surface area contributed by atoms with Crippen LogP contribution in [0.5, 0.6) is 0 Å². The second kappa shape index (κ2) is 42.2. The molecule has 0 saturated carbocycles. The highest BCUT2D eigenvalue weighted by molar-refractivity contribution is 8.76. The van der Waals surface area contributed by atoms with Crippen LogP contribution in [0.4, 0.5) is 4.79 Å². The van der Waals surface area contributed by atoms with Crippen molar-refractivity contribution in [3.05, 3.63) is 24.4 Å². The van der Waals surface area contributed by atoms with Gasteiger partial charge in [0.15, 0.2) is 25.2 Å². The zero-order valence-electron chi connectivity index (χ0n) is 53.0. The number of hydrogen-bond acceptors (Lipinski definition) is 30. The molecule has 5 rings (SSSR count). The molecule has 1 aromatic heterocycles. The van der Waals surface area contributed by atoms with E-state index in [2.05, 4.69) is 21.2 Å². The second-order valence-electron chi connectivity index (χ2n) is 23.8. The summed E-state index contributed by atoms with van der Waals surface area (Å²) in [6.45, 7) is 2.83. The minimum Gasteiger partial charge on any atom is -0.481 e. The van der Waals surface area contributed by atoms with Crippen LogP contribution in [0.1, 0.15) is 117 Å². The highest BCUT2D eigenvalue weighted by atomic mass is 33.1. The molecule has 14 N–H and O–H groups in total. The Morgan fingerprint density at radius 1 is 0.527 bits per heavy atom. The van der Waals surface area contributed by atoms with E-state index >= 15 is 0 Å². The zero-order chi connectivity index (χ0) is 68.0. The molecule has 0 spiro atoms. The van der Waals surface area contributed by atoms with E-state index in [1.165, 1.54) is 28.7 Å². The van der Waals surface area contributed by atoms with Crippen molar-refractivity contribution in [3.8, 4) is 0 Å². The molecule has 3 amide bonds. The number of carboxylic acid groups (broad SMARTS) is 1. The Labute approximate surface area is 548 Å². The maximum Gasteiger partial charge on any atom is 0.426 e. The molecule has 0 unspecified atom stereocenters. The van der Waals surface area contributed by atoms with Gasteiger partial charge in [-0.25, -0.2) is 15.2 Å². The molecule has 4 aliphatic rings. The molecule has 5 heterocycles. The van der Waals surface area contributed by atoms with Gasteiger partial charge in [0.2, 0.25) is 11.8 Å². The van der Waals surface area contributed by atoms with Crippen LogP contribution in [-0.2, 0) is 76.0 Å². The summed E-state index contributed by atoms with van der Waals surface area (Å²) in [7, 11) is 4.23. The fourth-order valence-electron chi connectivity index (χ4n) is 10.2. The summed E-state index contributed by atoms with van der Waals surface area (Å²) < 4.78 is 69.6. The van der Waals surface area contributed by atoms with Crippen molar-refractivity contribution in [2.75, 3.05) is 65.7 Å². The van der Waals surface area contributed by atoms with Gasteiger partial charge in [0.25, 0.3) is 0 Å². The summed E-state index contributed by atoms with van der Waals surface area (Å²) in [4.78, 5) is 64.5. The van der Waals surface area contributed by atoms with Gasteiger partial charge in [-0.05, 0) is 88.6 Å². The Hall–Kier alpha value is -3.64. The minimum absolute atomic E-state index is 0.00610. The molecule has 20 atom stereocenters. The van der Waals surface area contributed by atoms with Crippen LogP contribution >= 0.6 is 21.6 Å². The van der Waals surface area contributed by atoms with E-state index in [1.807, 2.05) is 18.2 Å². The van der Waals surface area contributed by atoms with E-state index < -0.39 is 173 Å². The number of rotatable bonds is 41. The van der Waals surface area contributed by atoms with Crippen LogP contribution < -0.4 is 16.2 Å².